The predicted molar refractivity (Wildman–Crippen MR) is 90.7 cm³/mol. The molecule has 0 aliphatic carbocycles. The number of aliphatic hydroxyl groups is 1. The van der Waals surface area contributed by atoms with Crippen LogP contribution in [0.5, 0.6) is 0 Å². The molecule has 5 nitrogen and oxygen atoms in total. The number of aliphatic hydroxyl groups excluding tert-OH is 1. The van der Waals surface area contributed by atoms with E-state index in [0.29, 0.717) is 16.3 Å². The van der Waals surface area contributed by atoms with E-state index in [0.717, 1.165) is 5.56 Å². The fourth-order valence-electron chi connectivity index (χ4n) is 2.39. The van der Waals surface area contributed by atoms with Crippen molar-refractivity contribution < 1.29 is 14.3 Å². The molecule has 1 amide bonds. The van der Waals surface area contributed by atoms with E-state index in [1.54, 1.807) is 24.3 Å². The van der Waals surface area contributed by atoms with Crippen LogP contribution in [0.2, 0.25) is 5.02 Å². The lowest BCUT2D eigenvalue weighted by Gasteiger charge is -2.16. The first-order chi connectivity index (χ1) is 11.7. The molecule has 0 fully saturated rings. The van der Waals surface area contributed by atoms with E-state index in [1.165, 1.54) is 6.39 Å². The second-order valence-corrected chi connectivity index (χ2v) is 5.54. The van der Waals surface area contributed by atoms with Gasteiger partial charge in [-0.05, 0) is 17.7 Å². The molecule has 3 aromatic rings. The molecular formula is C18H15ClN2O3. The predicted octanol–water partition coefficient (Wildman–Crippen LogP) is 3.46. The van der Waals surface area contributed by atoms with E-state index in [2.05, 4.69) is 10.3 Å². The minimum atomic E-state index is -0.533. The first-order valence-corrected chi connectivity index (χ1v) is 7.73. The number of aromatic nitrogens is 1. The van der Waals surface area contributed by atoms with Crippen molar-refractivity contribution in [2.75, 3.05) is 6.61 Å². The number of benzene rings is 2. The van der Waals surface area contributed by atoms with Crippen LogP contribution in [-0.2, 0) is 0 Å². The lowest BCUT2D eigenvalue weighted by molar-refractivity contribution is 0.0912. The molecule has 1 heterocycles. The summed E-state index contributed by atoms with van der Waals surface area (Å²) < 4.78 is 5.35. The van der Waals surface area contributed by atoms with Crippen LogP contribution in [-0.4, -0.2) is 22.6 Å². The van der Waals surface area contributed by atoms with Gasteiger partial charge in [-0.15, -0.1) is 0 Å². The minimum Gasteiger partial charge on any atom is -0.443 e. The van der Waals surface area contributed by atoms with Crippen LogP contribution in [0.25, 0.3) is 11.3 Å². The minimum absolute atomic E-state index is 0.123. The van der Waals surface area contributed by atoms with Gasteiger partial charge in [-0.3, -0.25) is 4.79 Å². The largest absolute Gasteiger partial charge is 0.443 e. The molecule has 0 bridgehead atoms. The SMILES string of the molecule is O=C(N[C@H](CO)c1ccccc1)c1ncoc1-c1ccccc1Cl. The summed E-state index contributed by atoms with van der Waals surface area (Å²) in [6.45, 7) is -0.227. The topological polar surface area (TPSA) is 75.4 Å². The zero-order chi connectivity index (χ0) is 16.9. The summed E-state index contributed by atoms with van der Waals surface area (Å²) in [6.07, 6.45) is 1.20. The maximum Gasteiger partial charge on any atom is 0.274 e. The van der Waals surface area contributed by atoms with Crippen molar-refractivity contribution in [1.29, 1.82) is 0 Å². The van der Waals surface area contributed by atoms with Crippen LogP contribution in [0, 0.1) is 0 Å². The Morgan fingerprint density at radius 3 is 2.58 bits per heavy atom. The summed E-state index contributed by atoms with van der Waals surface area (Å²) in [5.74, 6) is -0.149. The fourth-order valence-corrected chi connectivity index (χ4v) is 2.61. The lowest BCUT2D eigenvalue weighted by Crippen LogP contribution is -2.31. The molecule has 0 saturated carbocycles. The van der Waals surface area contributed by atoms with Gasteiger partial charge >= 0.3 is 0 Å². The van der Waals surface area contributed by atoms with E-state index in [9.17, 15) is 9.90 Å². The molecule has 2 N–H and O–H groups in total. The van der Waals surface area contributed by atoms with Gasteiger partial charge in [0.2, 0.25) is 0 Å². The van der Waals surface area contributed by atoms with Crippen LogP contribution < -0.4 is 5.32 Å². The van der Waals surface area contributed by atoms with Gasteiger partial charge in [0.1, 0.15) is 0 Å². The normalized spacial score (nSPS) is 11.9. The molecule has 0 unspecified atom stereocenters. The third kappa shape index (κ3) is 3.32. The molecule has 0 aliphatic heterocycles. The summed E-state index contributed by atoms with van der Waals surface area (Å²) in [5, 5.41) is 12.8. The van der Waals surface area contributed by atoms with Crippen molar-refractivity contribution in [2.45, 2.75) is 6.04 Å². The number of hydrogen-bond acceptors (Lipinski definition) is 4. The third-order valence-corrected chi connectivity index (χ3v) is 3.92. The van der Waals surface area contributed by atoms with E-state index < -0.39 is 11.9 Å². The van der Waals surface area contributed by atoms with E-state index in [1.807, 2.05) is 30.3 Å². The van der Waals surface area contributed by atoms with Crippen molar-refractivity contribution in [3.8, 4) is 11.3 Å². The van der Waals surface area contributed by atoms with Gasteiger partial charge in [-0.1, -0.05) is 54.1 Å². The molecule has 2 aromatic carbocycles. The van der Waals surface area contributed by atoms with Gasteiger partial charge in [-0.2, -0.15) is 0 Å². The maximum atomic E-state index is 12.6. The second-order valence-electron chi connectivity index (χ2n) is 5.13. The van der Waals surface area contributed by atoms with Gasteiger partial charge in [-0.25, -0.2) is 4.98 Å². The fraction of sp³-hybridized carbons (Fsp3) is 0.111. The van der Waals surface area contributed by atoms with Gasteiger partial charge < -0.3 is 14.8 Å². The molecule has 122 valence electrons. The highest BCUT2D eigenvalue weighted by Crippen LogP contribution is 2.30. The molecule has 24 heavy (non-hydrogen) atoms. The number of carbonyl (C=O) groups excluding carboxylic acids is 1. The third-order valence-electron chi connectivity index (χ3n) is 3.59. The summed E-state index contributed by atoms with van der Waals surface area (Å²) in [7, 11) is 0. The van der Waals surface area contributed by atoms with E-state index >= 15 is 0 Å². The average Bonchev–Trinajstić information content (AvgIpc) is 3.10. The lowest BCUT2D eigenvalue weighted by atomic mass is 10.1. The number of nitrogens with zero attached hydrogens (tertiary/aromatic N) is 1. The van der Waals surface area contributed by atoms with Crippen LogP contribution in [0.3, 0.4) is 0 Å². The summed E-state index contributed by atoms with van der Waals surface area (Å²) >= 11 is 6.16. The second kappa shape index (κ2) is 7.29. The highest BCUT2D eigenvalue weighted by Gasteiger charge is 2.22. The molecule has 1 aromatic heterocycles. The maximum absolute atomic E-state index is 12.6. The number of hydrogen-bond donors (Lipinski definition) is 2. The van der Waals surface area contributed by atoms with Gasteiger partial charge in [0.05, 0.1) is 17.7 Å². The molecule has 1 atom stereocenters. The average molecular weight is 343 g/mol. The summed E-state index contributed by atoms with van der Waals surface area (Å²) in [4.78, 5) is 16.6. The Morgan fingerprint density at radius 1 is 1.17 bits per heavy atom. The highest BCUT2D eigenvalue weighted by atomic mass is 35.5. The Morgan fingerprint density at radius 2 is 1.88 bits per heavy atom. The first-order valence-electron chi connectivity index (χ1n) is 7.35. The number of rotatable bonds is 5. The molecule has 0 spiro atoms. The molecule has 0 aliphatic rings. The first kappa shape index (κ1) is 16.2. The van der Waals surface area contributed by atoms with Gasteiger partial charge in [0, 0.05) is 5.56 Å². The van der Waals surface area contributed by atoms with Gasteiger partial charge in [0.25, 0.3) is 5.91 Å². The number of oxazole rings is 1. The van der Waals surface area contributed by atoms with Crippen LogP contribution in [0.15, 0.2) is 65.4 Å². The molecule has 0 saturated heterocycles. The Kier molecular flexibility index (Phi) is 4.93. The zero-order valence-corrected chi connectivity index (χ0v) is 13.4. The van der Waals surface area contributed by atoms with Crippen LogP contribution in [0.1, 0.15) is 22.1 Å². The summed E-state index contributed by atoms with van der Waals surface area (Å²) in [5.41, 5.74) is 1.51. The van der Waals surface area contributed by atoms with Crippen LogP contribution in [0.4, 0.5) is 0 Å². The van der Waals surface area contributed by atoms with Crippen molar-refractivity contribution in [3.05, 3.63) is 77.3 Å². The highest BCUT2D eigenvalue weighted by molar-refractivity contribution is 6.33. The van der Waals surface area contributed by atoms with Crippen molar-refractivity contribution in [1.82, 2.24) is 10.3 Å². The van der Waals surface area contributed by atoms with Crippen LogP contribution >= 0.6 is 11.6 Å². The Balaban J connectivity index is 1.87. The molecule has 3 rings (SSSR count). The number of carbonyl (C=O) groups is 1. The van der Waals surface area contributed by atoms with Crippen molar-refractivity contribution >= 4 is 17.5 Å². The zero-order valence-electron chi connectivity index (χ0n) is 12.6. The molecule has 0 radical (unpaired) electrons. The van der Waals surface area contributed by atoms with E-state index in [4.69, 9.17) is 16.0 Å². The summed E-state index contributed by atoms with van der Waals surface area (Å²) in [6, 6.07) is 15.7. The Labute approximate surface area is 143 Å². The van der Waals surface area contributed by atoms with Crippen molar-refractivity contribution in [3.63, 3.8) is 0 Å². The van der Waals surface area contributed by atoms with Gasteiger partial charge in [0.15, 0.2) is 17.8 Å². The standard InChI is InChI=1S/C18H15ClN2O3/c19-14-9-5-4-8-13(14)17-16(20-11-24-17)18(23)21-15(10-22)12-6-2-1-3-7-12/h1-9,11,15,22H,10H2,(H,21,23)/t15-/m1/s1. The number of nitrogens with one attached hydrogen (secondary N) is 1. The van der Waals surface area contributed by atoms with Crippen molar-refractivity contribution in [2.24, 2.45) is 0 Å². The number of halogens is 1. The quantitative estimate of drug-likeness (QED) is 0.744. The molecular weight excluding hydrogens is 328 g/mol. The Hall–Kier alpha value is -2.63. The number of amides is 1. The van der Waals surface area contributed by atoms with E-state index in [-0.39, 0.29) is 12.3 Å². The monoisotopic (exact) mass is 342 g/mol. The smallest absolute Gasteiger partial charge is 0.274 e. The Bertz CT molecular complexity index is 833. The molecule has 6 heteroatoms.